The van der Waals surface area contributed by atoms with Crippen LogP contribution in [0.25, 0.3) is 0 Å². The molecular weight excluding hydrogens is 178 g/mol. The fourth-order valence-electron chi connectivity index (χ4n) is 1.13. The van der Waals surface area contributed by atoms with Crippen molar-refractivity contribution in [3.8, 4) is 12.3 Å². The lowest BCUT2D eigenvalue weighted by atomic mass is 9.81. The van der Waals surface area contributed by atoms with Gasteiger partial charge in [0.1, 0.15) is 0 Å². The van der Waals surface area contributed by atoms with Gasteiger partial charge < -0.3 is 4.74 Å². The number of hydrogen-bond acceptors (Lipinski definition) is 2. The highest BCUT2D eigenvalue weighted by Gasteiger charge is 2.49. The maximum atomic E-state index is 12.3. The highest BCUT2D eigenvalue weighted by Crippen LogP contribution is 2.42. The molecule has 0 aromatic heterocycles. The predicted molar refractivity (Wildman–Crippen MR) is 42.1 cm³/mol. The van der Waals surface area contributed by atoms with Crippen molar-refractivity contribution in [3.05, 3.63) is 0 Å². The summed E-state index contributed by atoms with van der Waals surface area (Å²) in [5.41, 5.74) is 0. The first kappa shape index (κ1) is 9.97. The smallest absolute Gasteiger partial charge is 0.310 e. The average molecular weight is 188 g/mol. The molecule has 0 bridgehead atoms. The van der Waals surface area contributed by atoms with Gasteiger partial charge in [-0.3, -0.25) is 4.79 Å². The zero-order valence-electron chi connectivity index (χ0n) is 7.22. The zero-order chi connectivity index (χ0) is 10.1. The molecular formula is C9H10F2O2. The van der Waals surface area contributed by atoms with Crippen molar-refractivity contribution in [2.24, 2.45) is 5.92 Å². The van der Waals surface area contributed by atoms with Gasteiger partial charge in [-0.05, 0) is 6.92 Å². The highest BCUT2D eigenvalue weighted by atomic mass is 19.3. The molecule has 0 aromatic rings. The summed E-state index contributed by atoms with van der Waals surface area (Å²) >= 11 is 0. The second kappa shape index (κ2) is 3.33. The predicted octanol–water partition coefficient (Wildman–Crippen LogP) is 1.60. The molecule has 0 radical (unpaired) electrons. The minimum atomic E-state index is -2.69. The third kappa shape index (κ3) is 2.41. The number of hydrogen-bond donors (Lipinski definition) is 0. The van der Waals surface area contributed by atoms with Gasteiger partial charge in [-0.2, -0.15) is 0 Å². The van der Waals surface area contributed by atoms with Crippen LogP contribution in [0.5, 0.6) is 0 Å². The van der Waals surface area contributed by atoms with Crippen molar-refractivity contribution in [3.63, 3.8) is 0 Å². The molecule has 0 spiro atoms. The molecule has 0 saturated heterocycles. The Morgan fingerprint density at radius 3 is 2.62 bits per heavy atom. The van der Waals surface area contributed by atoms with Crippen molar-refractivity contribution in [2.75, 3.05) is 0 Å². The van der Waals surface area contributed by atoms with Gasteiger partial charge in [-0.25, -0.2) is 8.78 Å². The summed E-state index contributed by atoms with van der Waals surface area (Å²) in [6.07, 6.45) is 3.49. The number of terminal acetylenes is 1. The number of alkyl halides is 2. The van der Waals surface area contributed by atoms with Crippen LogP contribution in [-0.4, -0.2) is 18.0 Å². The summed E-state index contributed by atoms with van der Waals surface area (Å²) in [5.74, 6) is -1.79. The van der Waals surface area contributed by atoms with E-state index in [9.17, 15) is 13.6 Å². The maximum absolute atomic E-state index is 12.3. The molecule has 0 aromatic carbocycles. The van der Waals surface area contributed by atoms with Crippen molar-refractivity contribution < 1.29 is 18.3 Å². The van der Waals surface area contributed by atoms with Crippen LogP contribution in [0.1, 0.15) is 19.8 Å². The zero-order valence-corrected chi connectivity index (χ0v) is 7.22. The Kier molecular flexibility index (Phi) is 2.55. The lowest BCUT2D eigenvalue weighted by Gasteiger charge is -2.33. The molecule has 1 aliphatic carbocycles. The topological polar surface area (TPSA) is 26.3 Å². The molecule has 0 N–H and O–H groups in total. The summed E-state index contributed by atoms with van der Waals surface area (Å²) in [4.78, 5) is 11.0. The second-order valence-corrected chi connectivity index (χ2v) is 3.21. The van der Waals surface area contributed by atoms with Crippen LogP contribution in [0.3, 0.4) is 0 Å². The van der Waals surface area contributed by atoms with E-state index in [0.29, 0.717) is 0 Å². The van der Waals surface area contributed by atoms with E-state index in [0.717, 1.165) is 0 Å². The van der Waals surface area contributed by atoms with E-state index >= 15 is 0 Å². The summed E-state index contributed by atoms with van der Waals surface area (Å²) in [7, 11) is 0. The number of halogens is 2. The van der Waals surface area contributed by atoms with E-state index in [4.69, 9.17) is 6.42 Å². The van der Waals surface area contributed by atoms with Gasteiger partial charge in [0, 0.05) is 12.8 Å². The molecule has 1 aliphatic rings. The van der Waals surface area contributed by atoms with Gasteiger partial charge in [0.05, 0.1) is 5.92 Å². The highest BCUT2D eigenvalue weighted by molar-refractivity contribution is 5.74. The summed E-state index contributed by atoms with van der Waals surface area (Å²) < 4.78 is 29.3. The molecule has 2 nitrogen and oxygen atoms in total. The molecule has 4 heteroatoms. The lowest BCUT2D eigenvalue weighted by Crippen LogP contribution is -2.41. The van der Waals surface area contributed by atoms with Crippen molar-refractivity contribution in [2.45, 2.75) is 31.8 Å². The number of esters is 1. The van der Waals surface area contributed by atoms with Gasteiger partial charge in [-0.15, -0.1) is 6.42 Å². The number of carbonyl (C=O) groups excluding carboxylic acids is 1. The minimum absolute atomic E-state index is 0.414. The third-order valence-electron chi connectivity index (χ3n) is 1.95. The van der Waals surface area contributed by atoms with E-state index in [1.165, 1.54) is 6.92 Å². The van der Waals surface area contributed by atoms with E-state index < -0.39 is 36.8 Å². The fourth-order valence-corrected chi connectivity index (χ4v) is 1.13. The molecule has 0 heterocycles. The first-order chi connectivity index (χ1) is 5.94. The van der Waals surface area contributed by atoms with Crippen LogP contribution in [-0.2, 0) is 9.53 Å². The van der Waals surface area contributed by atoms with E-state index in [2.05, 4.69) is 10.7 Å². The molecule has 0 amide bonds. The van der Waals surface area contributed by atoms with Gasteiger partial charge in [0.2, 0.25) is 5.92 Å². The van der Waals surface area contributed by atoms with Crippen molar-refractivity contribution in [1.82, 2.24) is 0 Å². The molecule has 1 unspecified atom stereocenters. The van der Waals surface area contributed by atoms with Crippen LogP contribution in [0.4, 0.5) is 8.78 Å². The monoisotopic (exact) mass is 188 g/mol. The minimum Gasteiger partial charge on any atom is -0.449 e. The lowest BCUT2D eigenvalue weighted by molar-refractivity contribution is -0.173. The van der Waals surface area contributed by atoms with Crippen LogP contribution in [0, 0.1) is 18.3 Å². The fraction of sp³-hybridized carbons (Fsp3) is 0.667. The van der Waals surface area contributed by atoms with Crippen LogP contribution in [0.2, 0.25) is 0 Å². The Labute approximate surface area is 75.3 Å². The first-order valence-electron chi connectivity index (χ1n) is 3.99. The Morgan fingerprint density at radius 1 is 1.69 bits per heavy atom. The largest absolute Gasteiger partial charge is 0.449 e. The number of ether oxygens (including phenoxy) is 1. The van der Waals surface area contributed by atoms with Crippen LogP contribution >= 0.6 is 0 Å². The summed E-state index contributed by atoms with van der Waals surface area (Å²) in [5, 5.41) is 0. The Balaban J connectivity index is 2.32. The van der Waals surface area contributed by atoms with Crippen molar-refractivity contribution in [1.29, 1.82) is 0 Å². The Bertz CT molecular complexity index is 247. The molecule has 1 atom stereocenters. The molecule has 1 fully saturated rings. The van der Waals surface area contributed by atoms with Gasteiger partial charge >= 0.3 is 5.97 Å². The SMILES string of the molecule is C#CC(C)OC(=O)C1CC(F)(F)C1. The quantitative estimate of drug-likeness (QED) is 0.486. The molecule has 1 saturated carbocycles. The van der Waals surface area contributed by atoms with Crippen molar-refractivity contribution >= 4 is 5.97 Å². The Morgan fingerprint density at radius 2 is 2.23 bits per heavy atom. The third-order valence-corrected chi connectivity index (χ3v) is 1.95. The van der Waals surface area contributed by atoms with E-state index in [1.54, 1.807) is 0 Å². The second-order valence-electron chi connectivity index (χ2n) is 3.21. The summed E-state index contributed by atoms with van der Waals surface area (Å²) in [6, 6.07) is 0. The standard InChI is InChI=1S/C9H10F2O2/c1-3-6(2)13-8(12)7-4-9(10,11)5-7/h1,6-7H,4-5H2,2H3. The molecule has 0 aliphatic heterocycles. The number of rotatable bonds is 2. The summed E-state index contributed by atoms with van der Waals surface area (Å²) in [6.45, 7) is 1.52. The molecule has 13 heavy (non-hydrogen) atoms. The molecule has 1 rings (SSSR count). The average Bonchev–Trinajstić information content (AvgIpc) is 1.99. The van der Waals surface area contributed by atoms with Gasteiger partial charge in [0.25, 0.3) is 0 Å². The van der Waals surface area contributed by atoms with E-state index in [1.807, 2.05) is 0 Å². The van der Waals surface area contributed by atoms with Crippen LogP contribution in [0.15, 0.2) is 0 Å². The Hall–Kier alpha value is -1.11. The normalized spacial score (nSPS) is 22.6. The maximum Gasteiger partial charge on any atom is 0.310 e. The van der Waals surface area contributed by atoms with Crippen LogP contribution < -0.4 is 0 Å². The van der Waals surface area contributed by atoms with Gasteiger partial charge in [0.15, 0.2) is 6.10 Å². The van der Waals surface area contributed by atoms with Gasteiger partial charge in [-0.1, -0.05) is 5.92 Å². The first-order valence-corrected chi connectivity index (χ1v) is 3.99. The molecule has 72 valence electrons. The van der Waals surface area contributed by atoms with E-state index in [-0.39, 0.29) is 0 Å². The number of carbonyl (C=O) groups is 1.